The number of ketones is 2. The molecule has 0 heterocycles. The maximum Gasteiger partial charge on any atom is 0.255 e. The number of primary amides is 1. The van der Waals surface area contributed by atoms with Gasteiger partial charge in [0.05, 0.1) is 11.6 Å². The quantitative estimate of drug-likeness (QED) is 0.271. The summed E-state index contributed by atoms with van der Waals surface area (Å²) in [5.41, 5.74) is 2.36. The number of amides is 1. The van der Waals surface area contributed by atoms with Crippen LogP contribution in [0.4, 0.5) is 0 Å². The van der Waals surface area contributed by atoms with Gasteiger partial charge in [0.2, 0.25) is 5.78 Å². The second-order valence-corrected chi connectivity index (χ2v) is 9.55. The molecule has 164 valence electrons. The number of phenols is 1. The summed E-state index contributed by atoms with van der Waals surface area (Å²) in [6.07, 6.45) is 0.374. The highest BCUT2D eigenvalue weighted by atomic mass is 127. The van der Waals surface area contributed by atoms with Gasteiger partial charge in [-0.3, -0.25) is 19.3 Å². The van der Waals surface area contributed by atoms with Gasteiger partial charge in [-0.1, -0.05) is 0 Å². The Balaban J connectivity index is 1.98. The van der Waals surface area contributed by atoms with Crippen molar-refractivity contribution in [2.45, 2.75) is 24.5 Å². The smallest absolute Gasteiger partial charge is 0.255 e. The number of hydrogen-bond donors (Lipinski definition) is 5. The van der Waals surface area contributed by atoms with Crippen LogP contribution < -0.4 is 5.73 Å². The average molecular weight is 540 g/mol. The molecule has 3 aliphatic carbocycles. The number of nitrogens with zero attached hydrogens (tertiary/aromatic N) is 1. The number of rotatable bonds is 2. The van der Waals surface area contributed by atoms with Crippen LogP contribution in [0.15, 0.2) is 34.8 Å². The fraction of sp³-hybridized carbons (Fsp3) is 0.381. The topological polar surface area (TPSA) is 161 Å². The van der Waals surface area contributed by atoms with E-state index in [2.05, 4.69) is 22.6 Å². The first-order chi connectivity index (χ1) is 14.4. The van der Waals surface area contributed by atoms with Gasteiger partial charge >= 0.3 is 0 Å². The SMILES string of the molecule is CN(C)[C@@H]1C(O)=C(C(N)=O)C(=O)C2(O)C(O)=C3C(=O)c4c(O)ccc(I)c4CC3CC12. The molecule has 1 aromatic rings. The van der Waals surface area contributed by atoms with E-state index in [0.717, 1.165) is 3.57 Å². The van der Waals surface area contributed by atoms with Crippen LogP contribution in [0.25, 0.3) is 0 Å². The molecule has 9 nitrogen and oxygen atoms in total. The molecule has 4 atom stereocenters. The summed E-state index contributed by atoms with van der Waals surface area (Å²) in [6.45, 7) is 0. The number of benzene rings is 1. The van der Waals surface area contributed by atoms with E-state index in [9.17, 15) is 34.8 Å². The first-order valence-electron chi connectivity index (χ1n) is 9.58. The highest BCUT2D eigenvalue weighted by molar-refractivity contribution is 14.1. The third-order valence-corrected chi connectivity index (χ3v) is 7.56. The van der Waals surface area contributed by atoms with Gasteiger partial charge in [-0.05, 0) is 73.1 Å². The summed E-state index contributed by atoms with van der Waals surface area (Å²) >= 11 is 2.06. The lowest BCUT2D eigenvalue weighted by Gasteiger charge is -2.50. The summed E-state index contributed by atoms with van der Waals surface area (Å²) < 4.78 is 0.765. The number of aromatic hydroxyl groups is 1. The van der Waals surface area contributed by atoms with Crippen LogP contribution in [0.3, 0.4) is 0 Å². The van der Waals surface area contributed by atoms with Gasteiger partial charge in [0.15, 0.2) is 11.4 Å². The minimum Gasteiger partial charge on any atom is -0.510 e. The number of hydrogen-bond acceptors (Lipinski definition) is 8. The fourth-order valence-corrected chi connectivity index (χ4v) is 5.88. The Kier molecular flexibility index (Phi) is 4.94. The van der Waals surface area contributed by atoms with Crippen molar-refractivity contribution in [3.8, 4) is 5.75 Å². The van der Waals surface area contributed by atoms with Crippen LogP contribution in [0, 0.1) is 15.4 Å². The molecule has 0 fully saturated rings. The molecule has 10 heteroatoms. The Morgan fingerprint density at radius 3 is 2.45 bits per heavy atom. The second kappa shape index (κ2) is 7.04. The molecule has 0 spiro atoms. The van der Waals surface area contributed by atoms with E-state index in [-0.39, 0.29) is 23.3 Å². The number of halogens is 1. The molecule has 0 radical (unpaired) electrons. The zero-order valence-electron chi connectivity index (χ0n) is 16.7. The Bertz CT molecular complexity index is 1120. The van der Waals surface area contributed by atoms with Crippen LogP contribution >= 0.6 is 22.6 Å². The van der Waals surface area contributed by atoms with Crippen molar-refractivity contribution in [2.24, 2.45) is 17.6 Å². The molecule has 1 aromatic carbocycles. The van der Waals surface area contributed by atoms with Crippen LogP contribution in [-0.2, 0) is 16.0 Å². The largest absolute Gasteiger partial charge is 0.510 e. The van der Waals surface area contributed by atoms with Crippen molar-refractivity contribution in [3.63, 3.8) is 0 Å². The predicted molar refractivity (Wildman–Crippen MR) is 116 cm³/mol. The lowest BCUT2D eigenvalue weighted by atomic mass is 9.58. The van der Waals surface area contributed by atoms with Crippen LogP contribution in [0.5, 0.6) is 5.75 Å². The molecule has 0 saturated heterocycles. The van der Waals surface area contributed by atoms with E-state index in [1.165, 1.54) is 11.0 Å². The van der Waals surface area contributed by atoms with Crippen LogP contribution in [-0.4, -0.2) is 68.5 Å². The van der Waals surface area contributed by atoms with Gasteiger partial charge < -0.3 is 26.2 Å². The number of allylic oxidation sites excluding steroid dienone is 1. The summed E-state index contributed by atoms with van der Waals surface area (Å²) in [4.78, 5) is 39.8. The standard InChI is InChI=1S/C21H21IN2O7/c1-24(2)15-9-6-7-5-8-10(22)3-4-11(25)13(8)16(26)12(7)18(28)21(9,31)19(29)14(17(15)27)20(23)30/h3-4,7,9,15,25,27-28,31H,5-6H2,1-2H3,(H2,23,30)/t7?,9?,15-,21?/m0/s1. The van der Waals surface area contributed by atoms with E-state index in [1.54, 1.807) is 20.2 Å². The van der Waals surface area contributed by atoms with Gasteiger partial charge in [-0.25, -0.2) is 0 Å². The van der Waals surface area contributed by atoms with Crippen molar-refractivity contribution in [3.05, 3.63) is 49.5 Å². The number of likely N-dealkylation sites (N-methyl/N-ethyl adjacent to an activating group) is 1. The van der Waals surface area contributed by atoms with Gasteiger partial charge in [-0.15, -0.1) is 0 Å². The van der Waals surface area contributed by atoms with Gasteiger partial charge in [0.1, 0.15) is 22.8 Å². The van der Waals surface area contributed by atoms with Crippen molar-refractivity contribution < 1.29 is 34.8 Å². The molecule has 0 bridgehead atoms. The summed E-state index contributed by atoms with van der Waals surface area (Å²) in [6, 6.07) is 2.06. The van der Waals surface area contributed by atoms with Crippen LogP contribution in [0.2, 0.25) is 0 Å². The summed E-state index contributed by atoms with van der Waals surface area (Å²) in [5.74, 6) is -6.43. The first-order valence-corrected chi connectivity index (χ1v) is 10.7. The Morgan fingerprint density at radius 2 is 1.87 bits per heavy atom. The molecule has 0 saturated carbocycles. The highest BCUT2D eigenvalue weighted by Gasteiger charge is 2.63. The number of nitrogens with two attached hydrogens (primary N) is 1. The molecule has 3 aliphatic rings. The van der Waals surface area contributed by atoms with E-state index in [1.807, 2.05) is 0 Å². The number of carbonyl (C=O) groups is 3. The number of fused-ring (bicyclic) bond motifs is 3. The maximum absolute atomic E-state index is 13.3. The van der Waals surface area contributed by atoms with Gasteiger partial charge in [0.25, 0.3) is 5.91 Å². The third-order valence-electron chi connectivity index (χ3n) is 6.55. The van der Waals surface area contributed by atoms with Crippen molar-refractivity contribution in [1.29, 1.82) is 0 Å². The lowest BCUT2D eigenvalue weighted by Crippen LogP contribution is -2.63. The predicted octanol–water partition coefficient (Wildman–Crippen LogP) is 0.725. The zero-order valence-corrected chi connectivity index (χ0v) is 18.9. The molecule has 31 heavy (non-hydrogen) atoms. The van der Waals surface area contributed by atoms with Gasteiger partial charge in [0, 0.05) is 15.1 Å². The highest BCUT2D eigenvalue weighted by Crippen LogP contribution is 2.52. The number of phenolic OH excluding ortho intramolecular Hbond substituents is 1. The molecule has 1 amide bonds. The molecular formula is C21H21IN2O7. The Morgan fingerprint density at radius 1 is 1.23 bits per heavy atom. The van der Waals surface area contributed by atoms with E-state index >= 15 is 0 Å². The van der Waals surface area contributed by atoms with Crippen molar-refractivity contribution >= 4 is 40.1 Å². The zero-order chi connectivity index (χ0) is 23.0. The number of Topliss-reactive ketones (excluding diaryl/α,β-unsaturated/α-hetero) is 2. The monoisotopic (exact) mass is 540 g/mol. The average Bonchev–Trinajstić information content (AvgIpc) is 2.67. The van der Waals surface area contributed by atoms with Crippen LogP contribution in [0.1, 0.15) is 22.3 Å². The minimum absolute atomic E-state index is 0.0210. The fourth-order valence-electron chi connectivity index (χ4n) is 5.21. The van der Waals surface area contributed by atoms with E-state index < -0.39 is 58.0 Å². The number of aliphatic hydroxyl groups is 3. The minimum atomic E-state index is -2.61. The van der Waals surface area contributed by atoms with Crippen molar-refractivity contribution in [2.75, 3.05) is 14.1 Å². The molecule has 0 aliphatic heterocycles. The molecule has 6 N–H and O–H groups in total. The third kappa shape index (κ3) is 2.77. The molecular weight excluding hydrogens is 519 g/mol. The Hall–Kier alpha value is -2.44. The summed E-state index contributed by atoms with van der Waals surface area (Å²) in [5, 5.41) is 43.5. The number of carbonyl (C=O) groups excluding carboxylic acids is 3. The number of aliphatic hydroxyl groups excluding tert-OH is 2. The van der Waals surface area contributed by atoms with Crippen molar-refractivity contribution in [1.82, 2.24) is 4.90 Å². The van der Waals surface area contributed by atoms with Gasteiger partial charge in [-0.2, -0.15) is 0 Å². The lowest BCUT2D eigenvalue weighted by molar-refractivity contribution is -0.148. The summed E-state index contributed by atoms with van der Waals surface area (Å²) in [7, 11) is 3.18. The normalized spacial score (nSPS) is 30.3. The maximum atomic E-state index is 13.3. The van der Waals surface area contributed by atoms with E-state index in [4.69, 9.17) is 5.73 Å². The molecule has 0 aromatic heterocycles. The molecule has 3 unspecified atom stereocenters. The molecule has 4 rings (SSSR count). The Labute approximate surface area is 191 Å². The first kappa shape index (κ1) is 21.8. The second-order valence-electron chi connectivity index (χ2n) is 8.38. The van der Waals surface area contributed by atoms with E-state index in [0.29, 0.717) is 12.0 Å².